The molecular formula is C26H45NO4Si2. The van der Waals surface area contributed by atoms with Crippen molar-refractivity contribution < 1.29 is 18.7 Å². The molecule has 4 atom stereocenters. The van der Waals surface area contributed by atoms with Gasteiger partial charge in [-0.15, -0.1) is 6.58 Å². The lowest BCUT2D eigenvalue weighted by Gasteiger charge is -2.46. The maximum Gasteiger partial charge on any atom is 0.217 e. The van der Waals surface area contributed by atoms with E-state index in [0.717, 1.165) is 5.56 Å². The van der Waals surface area contributed by atoms with Gasteiger partial charge in [-0.3, -0.25) is 0 Å². The molecule has 0 aromatic heterocycles. The lowest BCUT2D eigenvalue weighted by Crippen LogP contribution is -2.58. The van der Waals surface area contributed by atoms with E-state index in [9.17, 15) is 5.11 Å². The van der Waals surface area contributed by atoms with E-state index in [0.29, 0.717) is 12.5 Å². The molecule has 2 rings (SSSR count). The zero-order valence-corrected chi connectivity index (χ0v) is 24.3. The van der Waals surface area contributed by atoms with Gasteiger partial charge in [0.05, 0.1) is 6.61 Å². The predicted molar refractivity (Wildman–Crippen MR) is 143 cm³/mol. The molecule has 7 heteroatoms. The molecule has 0 fully saturated rings. The maximum absolute atomic E-state index is 10.9. The molecule has 0 aliphatic carbocycles. The average Bonchev–Trinajstić information content (AvgIpc) is 2.71. The van der Waals surface area contributed by atoms with Crippen molar-refractivity contribution in [2.24, 2.45) is 4.99 Å². The molecule has 1 aliphatic rings. The van der Waals surface area contributed by atoms with Crippen LogP contribution >= 0.6 is 0 Å². The van der Waals surface area contributed by atoms with Crippen LogP contribution in [-0.2, 0) is 13.6 Å². The number of hydrogen-bond acceptors (Lipinski definition) is 5. The summed E-state index contributed by atoms with van der Waals surface area (Å²) in [5.41, 5.74) is 0.877. The second-order valence-electron chi connectivity index (χ2n) is 12.1. The van der Waals surface area contributed by atoms with E-state index >= 15 is 0 Å². The summed E-state index contributed by atoms with van der Waals surface area (Å²) in [6.07, 6.45) is -0.412. The Morgan fingerprint density at radius 1 is 1.03 bits per heavy atom. The maximum atomic E-state index is 10.9. The molecule has 0 saturated carbocycles. The molecule has 1 aliphatic heterocycles. The summed E-state index contributed by atoms with van der Waals surface area (Å²) in [4.78, 5) is 5.00. The van der Waals surface area contributed by atoms with Crippen LogP contribution in [0, 0.1) is 0 Å². The van der Waals surface area contributed by atoms with Crippen molar-refractivity contribution in [3.05, 3.63) is 48.6 Å². The molecule has 186 valence electrons. The smallest absolute Gasteiger partial charge is 0.217 e. The van der Waals surface area contributed by atoms with Crippen LogP contribution in [0.4, 0.5) is 0 Å². The van der Waals surface area contributed by atoms with Gasteiger partial charge >= 0.3 is 0 Å². The Morgan fingerprint density at radius 2 is 1.58 bits per heavy atom. The summed E-state index contributed by atoms with van der Waals surface area (Å²) >= 11 is 0. The Kier molecular flexibility index (Phi) is 8.61. The fourth-order valence-electron chi connectivity index (χ4n) is 3.10. The highest BCUT2D eigenvalue weighted by Gasteiger charge is 2.48. The van der Waals surface area contributed by atoms with Crippen LogP contribution in [0.5, 0.6) is 0 Å². The van der Waals surface area contributed by atoms with Crippen molar-refractivity contribution in [2.75, 3.05) is 6.61 Å². The third-order valence-electron chi connectivity index (χ3n) is 7.49. The van der Waals surface area contributed by atoms with Gasteiger partial charge in [0.1, 0.15) is 18.2 Å². The van der Waals surface area contributed by atoms with Gasteiger partial charge in [0, 0.05) is 5.56 Å². The SMILES string of the molecule is C=C[C@H](O)[C@@H]1OC(c2ccccc2)=N[C@@H](CO[Si](C)(C)C(C)(C)C)[C@@H]1O[Si](C)(C)C(C)(C)C. The zero-order chi connectivity index (χ0) is 25.2. The first-order valence-electron chi connectivity index (χ1n) is 11.9. The van der Waals surface area contributed by atoms with Crippen molar-refractivity contribution in [1.82, 2.24) is 0 Å². The summed E-state index contributed by atoms with van der Waals surface area (Å²) in [5.74, 6) is 0.514. The van der Waals surface area contributed by atoms with Gasteiger partial charge < -0.3 is 18.7 Å². The fraction of sp³-hybridized carbons (Fsp3) is 0.654. The number of ether oxygens (including phenoxy) is 1. The summed E-state index contributed by atoms with van der Waals surface area (Å²) in [7, 11) is -4.20. The van der Waals surface area contributed by atoms with E-state index < -0.39 is 34.9 Å². The molecule has 1 aromatic carbocycles. The lowest BCUT2D eigenvalue weighted by molar-refractivity contribution is -0.0530. The molecule has 0 spiro atoms. The van der Waals surface area contributed by atoms with E-state index in [4.69, 9.17) is 18.6 Å². The molecule has 1 N–H and O–H groups in total. The molecule has 0 saturated heterocycles. The van der Waals surface area contributed by atoms with Crippen LogP contribution in [0.3, 0.4) is 0 Å². The standard InChI is InChI=1S/C26H45NO4Si2/c1-12-21(28)23-22(31-33(10,11)26(5,6)7)20(18-29-32(8,9)25(2,3)4)27-24(30-23)19-16-14-13-15-17-19/h12-17,20-23,28H,1,18H2,2-11H3/t20-,21-,22-,23-/m0/s1. The highest BCUT2D eigenvalue weighted by Crippen LogP contribution is 2.41. The van der Waals surface area contributed by atoms with Crippen LogP contribution < -0.4 is 0 Å². The normalized spacial score (nSPS) is 23.5. The van der Waals surface area contributed by atoms with E-state index in [1.807, 2.05) is 30.3 Å². The molecule has 0 radical (unpaired) electrons. The van der Waals surface area contributed by atoms with Gasteiger partial charge in [0.15, 0.2) is 22.7 Å². The van der Waals surface area contributed by atoms with Gasteiger partial charge in [-0.05, 0) is 48.4 Å². The Balaban J connectivity index is 2.51. The van der Waals surface area contributed by atoms with Crippen LogP contribution in [0.15, 0.2) is 48.0 Å². The molecule has 5 nitrogen and oxygen atoms in total. The zero-order valence-electron chi connectivity index (χ0n) is 22.3. The predicted octanol–water partition coefficient (Wildman–Crippen LogP) is 6.16. The van der Waals surface area contributed by atoms with Crippen LogP contribution in [-0.4, -0.2) is 58.6 Å². The summed E-state index contributed by atoms with van der Waals surface area (Å²) in [6, 6.07) is 9.52. The first-order valence-corrected chi connectivity index (χ1v) is 17.7. The van der Waals surface area contributed by atoms with Gasteiger partial charge in [-0.25, -0.2) is 4.99 Å². The number of aliphatic hydroxyl groups excluding tert-OH is 1. The third-order valence-corrected chi connectivity index (χ3v) is 16.5. The van der Waals surface area contributed by atoms with Crippen LogP contribution in [0.1, 0.15) is 47.1 Å². The number of rotatable bonds is 8. The van der Waals surface area contributed by atoms with Gasteiger partial charge in [-0.2, -0.15) is 0 Å². The molecular weight excluding hydrogens is 446 g/mol. The van der Waals surface area contributed by atoms with Gasteiger partial charge in [0.2, 0.25) is 5.90 Å². The summed E-state index contributed by atoms with van der Waals surface area (Å²) < 4.78 is 19.8. The Hall–Kier alpha value is -1.26. The van der Waals surface area contributed by atoms with Crippen LogP contribution in [0.2, 0.25) is 36.3 Å². The Bertz CT molecular complexity index is 825. The summed E-state index contributed by atoms with van der Waals surface area (Å²) in [5, 5.41) is 11.0. The minimum absolute atomic E-state index is 0.00490. The highest BCUT2D eigenvalue weighted by molar-refractivity contribution is 6.74. The van der Waals surface area contributed by atoms with Gasteiger partial charge in [0.25, 0.3) is 0 Å². The number of benzene rings is 1. The third kappa shape index (κ3) is 6.66. The molecule has 1 aromatic rings. The summed E-state index contributed by atoms with van der Waals surface area (Å²) in [6.45, 7) is 26.5. The van der Waals surface area contributed by atoms with Crippen molar-refractivity contribution in [1.29, 1.82) is 0 Å². The number of nitrogens with zero attached hydrogens (tertiary/aromatic N) is 1. The molecule has 0 amide bonds. The lowest BCUT2D eigenvalue weighted by atomic mass is 9.99. The van der Waals surface area contributed by atoms with E-state index in [-0.39, 0.29) is 16.1 Å². The van der Waals surface area contributed by atoms with Crippen LogP contribution in [0.25, 0.3) is 0 Å². The minimum atomic E-state index is -2.19. The number of aliphatic hydroxyl groups is 1. The topological polar surface area (TPSA) is 60.3 Å². The average molecular weight is 492 g/mol. The molecule has 33 heavy (non-hydrogen) atoms. The molecule has 0 bridgehead atoms. The largest absolute Gasteiger partial charge is 0.468 e. The monoisotopic (exact) mass is 491 g/mol. The van der Waals surface area contributed by atoms with E-state index in [2.05, 4.69) is 74.3 Å². The van der Waals surface area contributed by atoms with Crippen molar-refractivity contribution >= 4 is 22.5 Å². The first-order chi connectivity index (χ1) is 15.0. The number of aliphatic imine (C=N–C) groups is 1. The van der Waals surface area contributed by atoms with Crippen molar-refractivity contribution in [3.63, 3.8) is 0 Å². The minimum Gasteiger partial charge on any atom is -0.468 e. The second-order valence-corrected chi connectivity index (χ2v) is 21.7. The van der Waals surface area contributed by atoms with Crippen molar-refractivity contribution in [2.45, 2.75) is 102 Å². The fourth-order valence-corrected chi connectivity index (χ4v) is 5.44. The first kappa shape index (κ1) is 28.0. The Labute approximate surface area is 203 Å². The van der Waals surface area contributed by atoms with Gasteiger partial charge in [-0.1, -0.05) is 65.8 Å². The Morgan fingerprint density at radius 3 is 2.06 bits per heavy atom. The van der Waals surface area contributed by atoms with Crippen molar-refractivity contribution in [3.8, 4) is 0 Å². The molecule has 0 unspecified atom stereocenters. The second kappa shape index (κ2) is 10.2. The van der Waals surface area contributed by atoms with E-state index in [1.54, 1.807) is 0 Å². The highest BCUT2D eigenvalue weighted by atomic mass is 28.4. The quantitative estimate of drug-likeness (QED) is 0.349. The molecule has 1 heterocycles. The number of hydrogen-bond donors (Lipinski definition) is 1. The van der Waals surface area contributed by atoms with E-state index in [1.165, 1.54) is 6.08 Å².